The van der Waals surface area contributed by atoms with E-state index >= 15 is 0 Å². The van der Waals surface area contributed by atoms with Crippen molar-refractivity contribution in [2.45, 2.75) is 52.5 Å². The quantitative estimate of drug-likeness (QED) is 0.564. The van der Waals surface area contributed by atoms with Crippen LogP contribution in [0.2, 0.25) is 0 Å². The van der Waals surface area contributed by atoms with Crippen molar-refractivity contribution in [2.24, 2.45) is 10.2 Å². The summed E-state index contributed by atoms with van der Waals surface area (Å²) < 4.78 is 7.02. The fourth-order valence-electron chi connectivity index (χ4n) is 2.69. The van der Waals surface area contributed by atoms with E-state index in [0.29, 0.717) is 23.2 Å². The van der Waals surface area contributed by atoms with E-state index in [1.807, 2.05) is 26.0 Å². The van der Waals surface area contributed by atoms with Crippen LogP contribution in [0, 0.1) is 0 Å². The van der Waals surface area contributed by atoms with E-state index in [-0.39, 0.29) is 17.8 Å². The van der Waals surface area contributed by atoms with Crippen LogP contribution in [0.15, 0.2) is 28.4 Å². The molecular weight excluding hydrogens is 306 g/mol. The average Bonchev–Trinajstić information content (AvgIpc) is 2.83. The van der Waals surface area contributed by atoms with Gasteiger partial charge in [-0.05, 0) is 38.5 Å². The van der Waals surface area contributed by atoms with Crippen molar-refractivity contribution in [3.63, 3.8) is 0 Å². The normalized spacial score (nSPS) is 11.7. The van der Waals surface area contributed by atoms with Crippen molar-refractivity contribution >= 4 is 22.5 Å². The fourth-order valence-corrected chi connectivity index (χ4v) is 2.69. The molecule has 24 heavy (non-hydrogen) atoms. The van der Waals surface area contributed by atoms with Crippen molar-refractivity contribution in [3.05, 3.63) is 18.2 Å². The monoisotopic (exact) mass is 331 g/mol. The van der Waals surface area contributed by atoms with Crippen LogP contribution in [0.3, 0.4) is 0 Å². The van der Waals surface area contributed by atoms with Gasteiger partial charge in [0, 0.05) is 17.8 Å². The van der Waals surface area contributed by atoms with Crippen molar-refractivity contribution in [2.75, 3.05) is 7.11 Å². The predicted octanol–water partition coefficient (Wildman–Crippen LogP) is 5.13. The van der Waals surface area contributed by atoms with Gasteiger partial charge in [0.25, 0.3) is 5.91 Å². The number of aromatic hydroxyl groups is 1. The summed E-state index contributed by atoms with van der Waals surface area (Å²) in [6.07, 6.45) is 3.23. The Morgan fingerprint density at radius 2 is 2.08 bits per heavy atom. The van der Waals surface area contributed by atoms with Gasteiger partial charge >= 0.3 is 0 Å². The first-order valence-electron chi connectivity index (χ1n) is 8.35. The fraction of sp³-hybridized carbons (Fsp3) is 0.500. The molecule has 1 aromatic heterocycles. The zero-order valence-electron chi connectivity index (χ0n) is 14.7. The van der Waals surface area contributed by atoms with Crippen LogP contribution in [0.5, 0.6) is 11.6 Å². The number of nitrogens with zero attached hydrogens (tertiary/aromatic N) is 3. The van der Waals surface area contributed by atoms with Crippen LogP contribution in [0.25, 0.3) is 10.9 Å². The van der Waals surface area contributed by atoms with Gasteiger partial charge in [0.05, 0.1) is 12.6 Å². The molecule has 2 aromatic rings. The average molecular weight is 331 g/mol. The molecule has 130 valence electrons. The molecule has 0 fully saturated rings. The first-order chi connectivity index (χ1) is 11.5. The zero-order valence-corrected chi connectivity index (χ0v) is 14.7. The minimum absolute atomic E-state index is 0.0124. The largest absolute Gasteiger partial charge is 0.497 e. The SMILES string of the molecule is CCCCCC(=O)N=Nc1c(O)n(C(C)C)c2ccc(OC)cc12. The molecule has 0 atom stereocenters. The number of carbonyl (C=O) groups excluding carboxylic acids is 1. The Morgan fingerprint density at radius 3 is 2.71 bits per heavy atom. The Morgan fingerprint density at radius 1 is 1.33 bits per heavy atom. The van der Waals surface area contributed by atoms with Gasteiger partial charge in [0.1, 0.15) is 5.75 Å². The Bertz CT molecular complexity index is 748. The zero-order chi connectivity index (χ0) is 17.7. The van der Waals surface area contributed by atoms with Crippen molar-refractivity contribution in [3.8, 4) is 11.6 Å². The number of carbonyl (C=O) groups is 1. The molecule has 1 N–H and O–H groups in total. The van der Waals surface area contributed by atoms with Gasteiger partial charge in [-0.2, -0.15) is 0 Å². The number of hydrogen-bond donors (Lipinski definition) is 1. The van der Waals surface area contributed by atoms with Crippen LogP contribution in [-0.4, -0.2) is 22.7 Å². The second kappa shape index (κ2) is 7.95. The third kappa shape index (κ3) is 3.75. The van der Waals surface area contributed by atoms with Gasteiger partial charge in [0.15, 0.2) is 5.69 Å². The highest BCUT2D eigenvalue weighted by Gasteiger charge is 2.19. The number of ether oxygens (including phenoxy) is 1. The van der Waals surface area contributed by atoms with Crippen LogP contribution in [0.1, 0.15) is 52.5 Å². The van der Waals surface area contributed by atoms with E-state index in [1.54, 1.807) is 17.7 Å². The lowest BCUT2D eigenvalue weighted by Crippen LogP contribution is -1.99. The van der Waals surface area contributed by atoms with Gasteiger partial charge in [-0.1, -0.05) is 19.8 Å². The first kappa shape index (κ1) is 18.0. The topological polar surface area (TPSA) is 76.2 Å². The molecule has 0 aliphatic heterocycles. The molecule has 0 bridgehead atoms. The number of rotatable bonds is 7. The number of hydrogen-bond acceptors (Lipinski definition) is 4. The van der Waals surface area contributed by atoms with E-state index in [1.165, 1.54) is 0 Å². The van der Waals surface area contributed by atoms with E-state index in [4.69, 9.17) is 4.74 Å². The van der Waals surface area contributed by atoms with Crippen molar-refractivity contribution < 1.29 is 14.6 Å². The van der Waals surface area contributed by atoms with E-state index < -0.39 is 0 Å². The molecule has 6 heteroatoms. The number of aromatic nitrogens is 1. The molecule has 0 radical (unpaired) electrons. The molecule has 0 saturated carbocycles. The number of benzene rings is 1. The Labute approximate surface area is 142 Å². The summed E-state index contributed by atoms with van der Waals surface area (Å²) in [5, 5.41) is 19.1. The standard InChI is InChI=1S/C18H25N3O3/c1-5-6-7-8-16(22)19-20-17-14-11-13(24-4)9-10-15(14)21(12(2)3)18(17)23/h9-12,23H,5-8H2,1-4H3. The van der Waals surface area contributed by atoms with Gasteiger partial charge in [-0.15, -0.1) is 10.2 Å². The van der Waals surface area contributed by atoms with Crippen LogP contribution in [0.4, 0.5) is 5.69 Å². The number of amides is 1. The molecule has 0 unspecified atom stereocenters. The summed E-state index contributed by atoms with van der Waals surface area (Å²) in [4.78, 5) is 11.8. The number of unbranched alkanes of at least 4 members (excludes halogenated alkanes) is 2. The maximum Gasteiger partial charge on any atom is 0.264 e. The Hall–Kier alpha value is -2.37. The lowest BCUT2D eigenvalue weighted by molar-refractivity contribution is -0.118. The highest BCUT2D eigenvalue weighted by atomic mass is 16.5. The summed E-state index contributed by atoms with van der Waals surface area (Å²) in [6.45, 7) is 6.03. The first-order valence-corrected chi connectivity index (χ1v) is 8.35. The molecule has 1 amide bonds. The van der Waals surface area contributed by atoms with Gasteiger partial charge in [-0.25, -0.2) is 0 Å². The molecule has 1 aromatic carbocycles. The molecule has 0 aliphatic rings. The lowest BCUT2D eigenvalue weighted by Gasteiger charge is -2.10. The Balaban J connectivity index is 2.41. The van der Waals surface area contributed by atoms with Crippen molar-refractivity contribution in [1.82, 2.24) is 4.57 Å². The highest BCUT2D eigenvalue weighted by molar-refractivity contribution is 5.96. The van der Waals surface area contributed by atoms with Crippen LogP contribution in [-0.2, 0) is 4.79 Å². The number of azo groups is 1. The Kier molecular flexibility index (Phi) is 5.95. The lowest BCUT2D eigenvalue weighted by atomic mass is 10.2. The molecule has 0 saturated heterocycles. The third-order valence-corrected chi connectivity index (χ3v) is 3.93. The predicted molar refractivity (Wildman–Crippen MR) is 94.2 cm³/mol. The smallest absolute Gasteiger partial charge is 0.264 e. The van der Waals surface area contributed by atoms with E-state index in [0.717, 1.165) is 24.8 Å². The molecular formula is C18H25N3O3. The highest BCUT2D eigenvalue weighted by Crippen LogP contribution is 2.42. The molecule has 0 aliphatic carbocycles. The number of methoxy groups -OCH3 is 1. The minimum Gasteiger partial charge on any atom is -0.497 e. The molecule has 0 spiro atoms. The summed E-state index contributed by atoms with van der Waals surface area (Å²) in [5.41, 5.74) is 1.14. The van der Waals surface area contributed by atoms with Gasteiger partial charge < -0.3 is 14.4 Å². The van der Waals surface area contributed by atoms with Crippen LogP contribution >= 0.6 is 0 Å². The molecule has 1 heterocycles. The summed E-state index contributed by atoms with van der Waals surface area (Å²) in [5.74, 6) is 0.406. The summed E-state index contributed by atoms with van der Waals surface area (Å²) >= 11 is 0. The third-order valence-electron chi connectivity index (χ3n) is 3.93. The summed E-state index contributed by atoms with van der Waals surface area (Å²) in [7, 11) is 1.58. The van der Waals surface area contributed by atoms with E-state index in [9.17, 15) is 9.90 Å². The number of fused-ring (bicyclic) bond motifs is 1. The van der Waals surface area contributed by atoms with Crippen molar-refractivity contribution in [1.29, 1.82) is 0 Å². The summed E-state index contributed by atoms with van der Waals surface area (Å²) in [6, 6.07) is 5.54. The van der Waals surface area contributed by atoms with E-state index in [2.05, 4.69) is 17.2 Å². The molecule has 2 rings (SSSR count). The minimum atomic E-state index is -0.267. The second-order valence-electron chi connectivity index (χ2n) is 6.07. The van der Waals surface area contributed by atoms with Crippen LogP contribution < -0.4 is 4.74 Å². The molecule has 6 nitrogen and oxygen atoms in total. The maximum absolute atomic E-state index is 11.8. The second-order valence-corrected chi connectivity index (χ2v) is 6.07. The van der Waals surface area contributed by atoms with Gasteiger partial charge in [0.2, 0.25) is 5.88 Å². The maximum atomic E-state index is 11.8. The van der Waals surface area contributed by atoms with Gasteiger partial charge in [-0.3, -0.25) is 4.79 Å².